The summed E-state index contributed by atoms with van der Waals surface area (Å²) in [5.41, 5.74) is 7.35. The Morgan fingerprint density at radius 2 is 1.54 bits per heavy atom. The molecule has 3 aromatic rings. The van der Waals surface area contributed by atoms with Crippen LogP contribution in [0.15, 0.2) is 65.1 Å². The molecule has 2 aromatic carbocycles. The van der Waals surface area contributed by atoms with E-state index < -0.39 is 17.8 Å². The molecule has 2 amide bonds. The monoisotopic (exact) mass is 378 g/mol. The molecule has 0 saturated heterocycles. The van der Waals surface area contributed by atoms with Gasteiger partial charge in [0.1, 0.15) is 11.3 Å². The van der Waals surface area contributed by atoms with Crippen molar-refractivity contribution in [3.8, 4) is 22.5 Å². The van der Waals surface area contributed by atoms with Gasteiger partial charge in [-0.2, -0.15) is 0 Å². The number of ether oxygens (including phenoxy) is 1. The highest BCUT2D eigenvalue weighted by Crippen LogP contribution is 2.41. The first-order chi connectivity index (χ1) is 13.5. The Bertz CT molecular complexity index is 1010. The highest BCUT2D eigenvalue weighted by Gasteiger charge is 2.29. The van der Waals surface area contributed by atoms with Crippen molar-refractivity contribution in [1.82, 2.24) is 0 Å². The van der Waals surface area contributed by atoms with Gasteiger partial charge in [-0.3, -0.25) is 14.9 Å². The van der Waals surface area contributed by atoms with Gasteiger partial charge < -0.3 is 14.9 Å². The zero-order valence-electron chi connectivity index (χ0n) is 15.1. The fourth-order valence-electron chi connectivity index (χ4n) is 2.78. The third-order valence-electron chi connectivity index (χ3n) is 3.94. The number of nitrogens with two attached hydrogens (primary N) is 1. The zero-order valence-corrected chi connectivity index (χ0v) is 15.1. The summed E-state index contributed by atoms with van der Waals surface area (Å²) in [7, 11) is 0. The number of rotatable bonds is 5. The second-order valence-electron chi connectivity index (χ2n) is 5.78. The van der Waals surface area contributed by atoms with E-state index in [9.17, 15) is 14.4 Å². The lowest BCUT2D eigenvalue weighted by molar-refractivity contribution is -0.152. The summed E-state index contributed by atoms with van der Waals surface area (Å²) in [5.74, 6) is -2.80. The van der Waals surface area contributed by atoms with Crippen LogP contribution in [0.3, 0.4) is 0 Å². The standard InChI is InChI=1S/C21H18N2O5/c1-2-27-21(26)19(25)23-20-16(18(22)24)15(13-9-5-3-6-10-13)17(28-20)14-11-7-4-8-12-14/h3-12H,2H2,1H3,(H2,22,24)(H,23,25). The van der Waals surface area contributed by atoms with Gasteiger partial charge >= 0.3 is 11.9 Å². The topological polar surface area (TPSA) is 112 Å². The van der Waals surface area contributed by atoms with Gasteiger partial charge in [-0.1, -0.05) is 60.7 Å². The fraction of sp³-hybridized carbons (Fsp3) is 0.0952. The van der Waals surface area contributed by atoms with Crippen molar-refractivity contribution in [3.63, 3.8) is 0 Å². The summed E-state index contributed by atoms with van der Waals surface area (Å²) in [6.45, 7) is 1.62. The Morgan fingerprint density at radius 3 is 2.07 bits per heavy atom. The number of hydrogen-bond donors (Lipinski definition) is 2. The third-order valence-corrected chi connectivity index (χ3v) is 3.94. The minimum Gasteiger partial charge on any atom is -0.459 e. The van der Waals surface area contributed by atoms with Crippen LogP contribution in [0, 0.1) is 0 Å². The number of nitrogens with one attached hydrogen (secondary N) is 1. The SMILES string of the molecule is CCOC(=O)C(=O)Nc1oc(-c2ccccc2)c(-c2ccccc2)c1C(N)=O. The number of furan rings is 1. The Labute approximate surface area is 161 Å². The van der Waals surface area contributed by atoms with Crippen LogP contribution in [0.5, 0.6) is 0 Å². The molecule has 0 atom stereocenters. The third kappa shape index (κ3) is 3.78. The first-order valence-corrected chi connectivity index (χ1v) is 8.58. The number of anilines is 1. The van der Waals surface area contributed by atoms with Crippen molar-refractivity contribution < 1.29 is 23.5 Å². The predicted octanol–water partition coefficient (Wildman–Crippen LogP) is 3.21. The van der Waals surface area contributed by atoms with Gasteiger partial charge in [0.2, 0.25) is 5.88 Å². The summed E-state index contributed by atoms with van der Waals surface area (Å²) in [4.78, 5) is 36.0. The van der Waals surface area contributed by atoms with Crippen LogP contribution in [0.25, 0.3) is 22.5 Å². The van der Waals surface area contributed by atoms with E-state index in [0.717, 1.165) is 0 Å². The molecular formula is C21H18N2O5. The van der Waals surface area contributed by atoms with E-state index in [1.54, 1.807) is 43.3 Å². The van der Waals surface area contributed by atoms with Gasteiger partial charge in [-0.15, -0.1) is 0 Å². The maximum absolute atomic E-state index is 12.2. The fourth-order valence-corrected chi connectivity index (χ4v) is 2.78. The second-order valence-corrected chi connectivity index (χ2v) is 5.78. The molecule has 0 radical (unpaired) electrons. The molecule has 142 valence electrons. The highest BCUT2D eigenvalue weighted by molar-refractivity contribution is 6.37. The molecule has 0 aliphatic heterocycles. The number of benzene rings is 2. The molecule has 0 saturated carbocycles. The van der Waals surface area contributed by atoms with Crippen molar-refractivity contribution >= 4 is 23.7 Å². The van der Waals surface area contributed by atoms with Crippen LogP contribution < -0.4 is 11.1 Å². The lowest BCUT2D eigenvalue weighted by Crippen LogP contribution is -2.26. The lowest BCUT2D eigenvalue weighted by atomic mass is 9.97. The summed E-state index contributed by atoms with van der Waals surface area (Å²) >= 11 is 0. The van der Waals surface area contributed by atoms with Crippen LogP contribution in [0.1, 0.15) is 17.3 Å². The van der Waals surface area contributed by atoms with Crippen molar-refractivity contribution in [2.45, 2.75) is 6.92 Å². The van der Waals surface area contributed by atoms with Gasteiger partial charge in [-0.05, 0) is 12.5 Å². The van der Waals surface area contributed by atoms with E-state index >= 15 is 0 Å². The maximum atomic E-state index is 12.2. The maximum Gasteiger partial charge on any atom is 0.397 e. The van der Waals surface area contributed by atoms with E-state index in [0.29, 0.717) is 22.5 Å². The van der Waals surface area contributed by atoms with E-state index in [1.165, 1.54) is 0 Å². The smallest absolute Gasteiger partial charge is 0.397 e. The van der Waals surface area contributed by atoms with Crippen LogP contribution in [0.4, 0.5) is 5.88 Å². The normalized spacial score (nSPS) is 10.3. The summed E-state index contributed by atoms with van der Waals surface area (Å²) in [6, 6.07) is 18.1. The molecule has 0 fully saturated rings. The van der Waals surface area contributed by atoms with Gasteiger partial charge in [0.25, 0.3) is 5.91 Å². The first-order valence-electron chi connectivity index (χ1n) is 8.58. The van der Waals surface area contributed by atoms with E-state index in [2.05, 4.69) is 10.1 Å². The minimum absolute atomic E-state index is 0.0253. The van der Waals surface area contributed by atoms with Crippen molar-refractivity contribution in [2.75, 3.05) is 11.9 Å². The average Bonchev–Trinajstić information content (AvgIpc) is 3.09. The van der Waals surface area contributed by atoms with Gasteiger partial charge in [0.05, 0.1) is 6.61 Å². The van der Waals surface area contributed by atoms with Crippen molar-refractivity contribution in [1.29, 1.82) is 0 Å². The zero-order chi connectivity index (χ0) is 20.1. The predicted molar refractivity (Wildman–Crippen MR) is 103 cm³/mol. The molecule has 7 heteroatoms. The quantitative estimate of drug-likeness (QED) is 0.523. The Morgan fingerprint density at radius 1 is 0.964 bits per heavy atom. The van der Waals surface area contributed by atoms with E-state index in [1.807, 2.05) is 24.3 Å². The van der Waals surface area contributed by atoms with Crippen molar-refractivity contribution in [2.24, 2.45) is 5.73 Å². The number of carbonyl (C=O) groups excluding carboxylic acids is 3. The Balaban J connectivity index is 2.18. The minimum atomic E-state index is -1.09. The molecule has 3 N–H and O–H groups in total. The van der Waals surface area contributed by atoms with Gasteiger partial charge in [-0.25, -0.2) is 4.79 Å². The largest absolute Gasteiger partial charge is 0.459 e. The first kappa shape index (κ1) is 18.9. The second kappa shape index (κ2) is 8.22. The molecule has 7 nitrogen and oxygen atoms in total. The number of carbonyl (C=O) groups is 3. The van der Waals surface area contributed by atoms with Crippen LogP contribution in [0.2, 0.25) is 0 Å². The summed E-state index contributed by atoms with van der Waals surface area (Å²) in [6.07, 6.45) is 0. The molecule has 28 heavy (non-hydrogen) atoms. The molecule has 3 rings (SSSR count). The molecule has 0 bridgehead atoms. The van der Waals surface area contributed by atoms with Crippen LogP contribution in [-0.4, -0.2) is 24.4 Å². The van der Waals surface area contributed by atoms with Gasteiger partial charge in [0, 0.05) is 11.1 Å². The highest BCUT2D eigenvalue weighted by atomic mass is 16.5. The Kier molecular flexibility index (Phi) is 5.55. The molecule has 1 heterocycles. The van der Waals surface area contributed by atoms with Gasteiger partial charge in [0.15, 0.2) is 0 Å². The lowest BCUT2D eigenvalue weighted by Gasteiger charge is -2.05. The molecule has 0 aliphatic carbocycles. The average molecular weight is 378 g/mol. The van der Waals surface area contributed by atoms with E-state index in [-0.39, 0.29) is 18.1 Å². The number of esters is 1. The van der Waals surface area contributed by atoms with Crippen molar-refractivity contribution in [3.05, 3.63) is 66.2 Å². The molecular weight excluding hydrogens is 360 g/mol. The van der Waals surface area contributed by atoms with Crippen LogP contribution in [-0.2, 0) is 14.3 Å². The molecule has 0 aliphatic rings. The number of amides is 2. The Hall–Kier alpha value is -3.87. The van der Waals surface area contributed by atoms with Crippen LogP contribution >= 0.6 is 0 Å². The molecule has 1 aromatic heterocycles. The summed E-state index contributed by atoms with van der Waals surface area (Å²) < 4.78 is 10.5. The molecule has 0 spiro atoms. The number of hydrogen-bond acceptors (Lipinski definition) is 5. The van der Waals surface area contributed by atoms with E-state index in [4.69, 9.17) is 10.2 Å². The number of primary amides is 1. The molecule has 0 unspecified atom stereocenters. The summed E-state index contributed by atoms with van der Waals surface area (Å²) in [5, 5.41) is 2.30.